The molecule has 10 heteroatoms. The van der Waals surface area contributed by atoms with Crippen molar-refractivity contribution in [3.63, 3.8) is 0 Å². The summed E-state index contributed by atoms with van der Waals surface area (Å²) in [7, 11) is -3.77. The number of halogens is 1. The van der Waals surface area contributed by atoms with Crippen molar-refractivity contribution in [3.05, 3.63) is 81.8 Å². The van der Waals surface area contributed by atoms with Crippen LogP contribution >= 0.6 is 28.1 Å². The second-order valence-corrected chi connectivity index (χ2v) is 10.3. The molecule has 3 N–H and O–H groups in total. The predicted octanol–water partition coefficient (Wildman–Crippen LogP) is 5.39. The van der Waals surface area contributed by atoms with Gasteiger partial charge in [-0.2, -0.15) is 0 Å². The highest BCUT2D eigenvalue weighted by Crippen LogP contribution is 2.26. The normalized spacial score (nSPS) is 10.9. The fourth-order valence-electron chi connectivity index (χ4n) is 3.14. The van der Waals surface area contributed by atoms with Gasteiger partial charge in [0.1, 0.15) is 5.75 Å². The minimum Gasteiger partial charge on any atom is -0.493 e. The molecule has 3 aromatic rings. The smallest absolute Gasteiger partial charge is 0.261 e. The first-order valence-electron chi connectivity index (χ1n) is 10.3. The van der Waals surface area contributed by atoms with Gasteiger partial charge in [-0.15, -0.1) is 0 Å². The second kappa shape index (κ2) is 11.0. The number of anilines is 2. The average molecular weight is 563 g/mol. The fraction of sp³-hybridized carbons (Fsp3) is 0.167. The van der Waals surface area contributed by atoms with Gasteiger partial charge in [0.2, 0.25) is 0 Å². The lowest BCUT2D eigenvalue weighted by molar-refractivity contribution is 0.0977. The van der Waals surface area contributed by atoms with Gasteiger partial charge in [0.15, 0.2) is 5.11 Å². The lowest BCUT2D eigenvalue weighted by atomic mass is 10.1. The van der Waals surface area contributed by atoms with E-state index in [1.165, 1.54) is 12.1 Å². The molecule has 178 valence electrons. The summed E-state index contributed by atoms with van der Waals surface area (Å²) in [5.41, 5.74) is 3.17. The summed E-state index contributed by atoms with van der Waals surface area (Å²) in [6.45, 7) is 6.08. The first kappa shape index (κ1) is 25.7. The average Bonchev–Trinajstić information content (AvgIpc) is 2.78. The Morgan fingerprint density at radius 3 is 2.26 bits per heavy atom. The Morgan fingerprint density at radius 2 is 1.68 bits per heavy atom. The second-order valence-electron chi connectivity index (χ2n) is 7.38. The number of amides is 1. The molecule has 0 spiro atoms. The Kier molecular flexibility index (Phi) is 8.29. The molecule has 3 aromatic carbocycles. The molecule has 34 heavy (non-hydrogen) atoms. The molecule has 0 bridgehead atoms. The number of hydrogen-bond acceptors (Lipinski definition) is 5. The number of aryl methyl sites for hydroxylation is 2. The van der Waals surface area contributed by atoms with Crippen LogP contribution in [0.3, 0.4) is 0 Å². The van der Waals surface area contributed by atoms with Crippen molar-refractivity contribution in [3.8, 4) is 5.75 Å². The zero-order valence-electron chi connectivity index (χ0n) is 18.8. The molecule has 0 aliphatic heterocycles. The van der Waals surface area contributed by atoms with Crippen molar-refractivity contribution in [2.45, 2.75) is 25.7 Å². The van der Waals surface area contributed by atoms with Crippen molar-refractivity contribution >= 4 is 60.6 Å². The Hall–Kier alpha value is -2.95. The molecule has 0 radical (unpaired) electrons. The van der Waals surface area contributed by atoms with Crippen LogP contribution in [-0.2, 0) is 10.0 Å². The van der Waals surface area contributed by atoms with Gasteiger partial charge in [-0.25, -0.2) is 8.42 Å². The highest BCUT2D eigenvalue weighted by atomic mass is 79.9. The number of thiocarbonyl (C=S) groups is 1. The molecule has 0 unspecified atom stereocenters. The van der Waals surface area contributed by atoms with E-state index in [0.717, 1.165) is 11.1 Å². The Morgan fingerprint density at radius 1 is 1.03 bits per heavy atom. The molecule has 7 nitrogen and oxygen atoms in total. The van der Waals surface area contributed by atoms with E-state index in [4.69, 9.17) is 17.0 Å². The van der Waals surface area contributed by atoms with E-state index in [1.807, 2.05) is 39.0 Å². The van der Waals surface area contributed by atoms with Crippen LogP contribution in [0.25, 0.3) is 0 Å². The molecule has 0 fully saturated rings. The van der Waals surface area contributed by atoms with Crippen LogP contribution in [0, 0.1) is 13.8 Å². The van der Waals surface area contributed by atoms with Gasteiger partial charge in [-0.3, -0.25) is 14.8 Å². The Labute approximate surface area is 213 Å². The van der Waals surface area contributed by atoms with Crippen LogP contribution in [0.1, 0.15) is 28.4 Å². The molecule has 0 heterocycles. The van der Waals surface area contributed by atoms with Crippen molar-refractivity contribution in [1.29, 1.82) is 0 Å². The summed E-state index contributed by atoms with van der Waals surface area (Å²) in [6.07, 6.45) is 0. The third kappa shape index (κ3) is 6.34. The quantitative estimate of drug-likeness (QED) is 0.334. The minimum absolute atomic E-state index is 0.0827. The predicted molar refractivity (Wildman–Crippen MR) is 142 cm³/mol. The number of nitrogens with one attached hydrogen (secondary N) is 3. The summed E-state index contributed by atoms with van der Waals surface area (Å²) in [6, 6.07) is 16.6. The maximum absolute atomic E-state index is 12.8. The van der Waals surface area contributed by atoms with Crippen LogP contribution in [0.4, 0.5) is 11.4 Å². The molecule has 0 saturated carbocycles. The molecule has 1 amide bonds. The van der Waals surface area contributed by atoms with Crippen LogP contribution in [-0.4, -0.2) is 26.0 Å². The lowest BCUT2D eigenvalue weighted by Gasteiger charge is -2.14. The summed E-state index contributed by atoms with van der Waals surface area (Å²) in [5.74, 6) is 0.250. The van der Waals surface area contributed by atoms with E-state index in [9.17, 15) is 13.2 Å². The molecule has 0 saturated heterocycles. The summed E-state index contributed by atoms with van der Waals surface area (Å²) < 4.78 is 34.4. The van der Waals surface area contributed by atoms with Crippen LogP contribution < -0.4 is 20.1 Å². The van der Waals surface area contributed by atoms with E-state index >= 15 is 0 Å². The number of benzene rings is 3. The fourth-order valence-corrected chi connectivity index (χ4v) is 5.05. The molecule has 0 aliphatic rings. The van der Waals surface area contributed by atoms with Gasteiger partial charge in [0.05, 0.1) is 21.7 Å². The Balaban J connectivity index is 1.64. The third-order valence-electron chi connectivity index (χ3n) is 4.86. The SMILES string of the molecule is CCOc1ccc(C(=O)NC(=S)Nc2ccc(S(=O)(=O)Nc3c(C)cccc3C)cc2)cc1Br. The monoisotopic (exact) mass is 561 g/mol. The minimum atomic E-state index is -3.77. The highest BCUT2D eigenvalue weighted by Gasteiger charge is 2.17. The van der Waals surface area contributed by atoms with Crippen molar-refractivity contribution in [2.75, 3.05) is 16.6 Å². The number of carbonyl (C=O) groups excluding carboxylic acids is 1. The van der Waals surface area contributed by atoms with E-state index in [2.05, 4.69) is 31.3 Å². The first-order valence-corrected chi connectivity index (χ1v) is 13.0. The number of hydrogen-bond donors (Lipinski definition) is 3. The summed E-state index contributed by atoms with van der Waals surface area (Å²) in [4.78, 5) is 12.6. The number of carbonyl (C=O) groups is 1. The van der Waals surface area contributed by atoms with Crippen LogP contribution in [0.2, 0.25) is 0 Å². The van der Waals surface area contributed by atoms with E-state index in [0.29, 0.717) is 33.8 Å². The zero-order chi connectivity index (χ0) is 24.9. The lowest BCUT2D eigenvalue weighted by Crippen LogP contribution is -2.34. The van der Waals surface area contributed by atoms with Crippen LogP contribution in [0.5, 0.6) is 5.75 Å². The van der Waals surface area contributed by atoms with Gasteiger partial charge in [0, 0.05) is 11.3 Å². The first-order chi connectivity index (χ1) is 16.1. The van der Waals surface area contributed by atoms with Gasteiger partial charge in [-0.05, 0) is 103 Å². The van der Waals surface area contributed by atoms with Crippen molar-refractivity contribution in [1.82, 2.24) is 5.32 Å². The highest BCUT2D eigenvalue weighted by molar-refractivity contribution is 9.10. The van der Waals surface area contributed by atoms with Crippen molar-refractivity contribution in [2.24, 2.45) is 0 Å². The maximum Gasteiger partial charge on any atom is 0.261 e. The molecule has 0 aromatic heterocycles. The van der Waals surface area contributed by atoms with E-state index in [-0.39, 0.29) is 10.0 Å². The molecular formula is C24H24BrN3O4S2. The van der Waals surface area contributed by atoms with Crippen molar-refractivity contribution < 1.29 is 17.9 Å². The molecule has 0 atom stereocenters. The summed E-state index contributed by atoms with van der Waals surface area (Å²) in [5, 5.41) is 5.57. The van der Waals surface area contributed by atoms with E-state index in [1.54, 1.807) is 30.3 Å². The molecular weight excluding hydrogens is 538 g/mol. The zero-order valence-corrected chi connectivity index (χ0v) is 22.0. The van der Waals surface area contributed by atoms with Gasteiger partial charge in [0.25, 0.3) is 15.9 Å². The summed E-state index contributed by atoms with van der Waals surface area (Å²) >= 11 is 8.60. The van der Waals surface area contributed by atoms with Gasteiger partial charge in [-0.1, -0.05) is 18.2 Å². The number of sulfonamides is 1. The number of rotatable bonds is 7. The van der Waals surface area contributed by atoms with Crippen LogP contribution in [0.15, 0.2) is 70.0 Å². The number of para-hydroxylation sites is 1. The molecule has 0 aliphatic carbocycles. The maximum atomic E-state index is 12.8. The number of ether oxygens (including phenoxy) is 1. The van der Waals surface area contributed by atoms with Gasteiger partial charge >= 0.3 is 0 Å². The molecule has 3 rings (SSSR count). The standard InChI is InChI=1S/C24H24BrN3O4S2/c1-4-32-21-13-8-17(14-20(21)25)23(29)27-24(33)26-18-9-11-19(12-10-18)34(30,31)28-22-15(2)6-5-7-16(22)3/h5-14,28H,4H2,1-3H3,(H2,26,27,29,33). The third-order valence-corrected chi connectivity index (χ3v) is 7.05. The Bertz CT molecular complexity index is 1310. The van der Waals surface area contributed by atoms with E-state index < -0.39 is 15.9 Å². The van der Waals surface area contributed by atoms with Gasteiger partial charge < -0.3 is 10.1 Å². The largest absolute Gasteiger partial charge is 0.493 e. The topological polar surface area (TPSA) is 96.5 Å².